The minimum Gasteiger partial charge on any atom is -0.456 e. The Labute approximate surface area is 413 Å². The van der Waals surface area contributed by atoms with E-state index in [1.165, 1.54) is 0 Å². The monoisotopic (exact) mass is 942 g/mol. The van der Waals surface area contributed by atoms with Crippen molar-refractivity contribution in [3.63, 3.8) is 0 Å². The maximum atomic E-state index is 16.9. The van der Waals surface area contributed by atoms with Gasteiger partial charge in [0.15, 0.2) is 24.6 Å². The average Bonchev–Trinajstić information content (AvgIpc) is 4.02. The van der Waals surface area contributed by atoms with Crippen molar-refractivity contribution in [2.45, 2.75) is 5.41 Å². The summed E-state index contributed by atoms with van der Waals surface area (Å²) < 4.78 is 30.1. The second-order valence-corrected chi connectivity index (χ2v) is 21.2. The van der Waals surface area contributed by atoms with Crippen LogP contribution in [-0.4, -0.2) is 15.0 Å². The number of furan rings is 2. The number of aromatic nitrogens is 3. The number of hydrogen-bond acceptors (Lipinski definition) is 7. The number of para-hydroxylation sites is 5. The Hall–Kier alpha value is -9.16. The van der Waals surface area contributed by atoms with E-state index in [1.54, 1.807) is 0 Å². The van der Waals surface area contributed by atoms with Crippen LogP contribution in [0.25, 0.3) is 78.0 Å². The highest BCUT2D eigenvalue weighted by Crippen LogP contribution is 2.63. The first kappa shape index (κ1) is 40.7. The fourth-order valence-electron chi connectivity index (χ4n) is 11.7. The molecule has 13 aromatic rings. The summed E-state index contributed by atoms with van der Waals surface area (Å²) in [7, 11) is -3.55. The van der Waals surface area contributed by atoms with E-state index in [0.717, 1.165) is 110 Å². The quantitative estimate of drug-likeness (QED) is 0.159. The summed E-state index contributed by atoms with van der Waals surface area (Å²) in [5, 5.41) is 6.32. The van der Waals surface area contributed by atoms with Gasteiger partial charge in [0.2, 0.25) is 0 Å². The Balaban J connectivity index is 1.05. The van der Waals surface area contributed by atoms with E-state index in [1.807, 2.05) is 121 Å². The zero-order chi connectivity index (χ0) is 47.5. The van der Waals surface area contributed by atoms with Gasteiger partial charge < -0.3 is 18.3 Å². The molecule has 0 amide bonds. The number of fused-ring (bicyclic) bond motifs is 14. The van der Waals surface area contributed by atoms with Crippen molar-refractivity contribution in [3.8, 4) is 34.2 Å². The molecule has 1 spiro atoms. The normalized spacial score (nSPS) is 16.8. The van der Waals surface area contributed by atoms with E-state index in [2.05, 4.69) is 120 Å². The Morgan fingerprint density at radius 1 is 0.389 bits per heavy atom. The van der Waals surface area contributed by atoms with E-state index < -0.39 is 12.6 Å². The van der Waals surface area contributed by atoms with Crippen molar-refractivity contribution in [1.82, 2.24) is 15.0 Å². The van der Waals surface area contributed by atoms with E-state index in [4.69, 9.17) is 23.8 Å². The van der Waals surface area contributed by atoms with Crippen molar-refractivity contribution < 1.29 is 13.4 Å². The highest BCUT2D eigenvalue weighted by Gasteiger charge is 2.55. The Morgan fingerprint density at radius 2 is 0.986 bits per heavy atom. The molecular formula is C64H39N4O3P. The summed E-state index contributed by atoms with van der Waals surface area (Å²) in [6, 6.07) is 81.0. The molecule has 2 aliphatic rings. The first-order valence-corrected chi connectivity index (χ1v) is 25.8. The van der Waals surface area contributed by atoms with Crippen LogP contribution in [-0.2, 0) is 9.98 Å². The molecule has 2 aliphatic heterocycles. The standard InChI is InChI=1S/C64H39N4O3P/c69-72(43-23-8-3-9-24-43)58-34-17-13-30-51(58)64(52-38-48-45-26-11-15-32-55(45)70-57(48)39-59(52)72)49-29-12-14-31-53(49)68(42-21-6-2-7-22-42)54-37-41(35-36-50(54)64)62-65-61(40-19-4-1-5-20-40)66-63(67-62)47-28-18-27-46-44-25-10-16-33-56(44)71-60(46)47/h1-39H. The number of rotatable bonds is 5. The van der Waals surface area contributed by atoms with Gasteiger partial charge in [-0.2, -0.15) is 0 Å². The van der Waals surface area contributed by atoms with E-state index in [-0.39, 0.29) is 0 Å². The maximum Gasteiger partial charge on any atom is 0.171 e. The number of nitrogens with zero attached hydrogens (tertiary/aromatic N) is 4. The third-order valence-electron chi connectivity index (χ3n) is 14.8. The molecule has 10 aromatic carbocycles. The van der Waals surface area contributed by atoms with Crippen LogP contribution in [0.1, 0.15) is 22.3 Å². The van der Waals surface area contributed by atoms with Crippen LogP contribution in [0.4, 0.5) is 17.1 Å². The Morgan fingerprint density at radius 3 is 1.78 bits per heavy atom. The molecular weight excluding hydrogens is 904 g/mol. The van der Waals surface area contributed by atoms with Gasteiger partial charge in [-0.1, -0.05) is 182 Å². The molecule has 0 radical (unpaired) electrons. The molecule has 0 saturated carbocycles. The minimum absolute atomic E-state index is 0.506. The molecule has 7 nitrogen and oxygen atoms in total. The first-order valence-electron chi connectivity index (χ1n) is 24.1. The molecule has 0 aliphatic carbocycles. The second-order valence-electron chi connectivity index (χ2n) is 18.5. The average molecular weight is 943 g/mol. The predicted octanol–water partition coefficient (Wildman–Crippen LogP) is 14.8. The van der Waals surface area contributed by atoms with Gasteiger partial charge in [-0.25, -0.2) is 15.0 Å². The zero-order valence-electron chi connectivity index (χ0n) is 38.5. The van der Waals surface area contributed by atoms with Gasteiger partial charge in [0, 0.05) is 54.3 Å². The second kappa shape index (κ2) is 15.4. The van der Waals surface area contributed by atoms with Crippen LogP contribution in [0.5, 0.6) is 0 Å². The number of anilines is 3. The topological polar surface area (TPSA) is 85.3 Å². The van der Waals surface area contributed by atoms with Crippen LogP contribution in [0.15, 0.2) is 245 Å². The highest BCUT2D eigenvalue weighted by atomic mass is 31.2. The molecule has 8 heteroatoms. The van der Waals surface area contributed by atoms with Crippen molar-refractivity contribution in [2.75, 3.05) is 4.90 Å². The number of benzene rings is 10. The van der Waals surface area contributed by atoms with Gasteiger partial charge in [0.25, 0.3) is 0 Å². The minimum atomic E-state index is -3.55. The molecule has 15 rings (SSSR count). The Kier molecular flexibility index (Phi) is 8.72. The summed E-state index contributed by atoms with van der Waals surface area (Å²) >= 11 is 0. The number of hydrogen-bond donors (Lipinski definition) is 0. The van der Waals surface area contributed by atoms with Crippen molar-refractivity contribution >= 4 is 84.0 Å². The van der Waals surface area contributed by atoms with Gasteiger partial charge in [-0.05, 0) is 76.9 Å². The molecule has 2 atom stereocenters. The molecule has 338 valence electrons. The zero-order valence-corrected chi connectivity index (χ0v) is 39.4. The van der Waals surface area contributed by atoms with Gasteiger partial charge in [-0.15, -0.1) is 0 Å². The summed E-state index contributed by atoms with van der Waals surface area (Å²) in [5.74, 6) is 1.57. The smallest absolute Gasteiger partial charge is 0.171 e. The van der Waals surface area contributed by atoms with E-state index in [9.17, 15) is 0 Å². The van der Waals surface area contributed by atoms with Gasteiger partial charge in [0.1, 0.15) is 22.3 Å². The fraction of sp³-hybridized carbons (Fsp3) is 0.0156. The lowest BCUT2D eigenvalue weighted by Crippen LogP contribution is -2.49. The molecule has 2 unspecified atom stereocenters. The summed E-state index contributed by atoms with van der Waals surface area (Å²) in [5.41, 5.74) is 11.4. The lowest BCUT2D eigenvalue weighted by molar-refractivity contribution is 0.590. The van der Waals surface area contributed by atoms with Crippen LogP contribution in [0, 0.1) is 0 Å². The lowest BCUT2D eigenvalue weighted by Gasteiger charge is -2.50. The fourth-order valence-corrected chi connectivity index (χ4v) is 14.9. The predicted molar refractivity (Wildman–Crippen MR) is 290 cm³/mol. The van der Waals surface area contributed by atoms with Gasteiger partial charge >= 0.3 is 0 Å². The SMILES string of the molecule is O=P1(c2ccccc2)c2ccccc2C2(c3ccccc3N(c3ccccc3)c3cc(-c4nc(-c5ccccc5)nc(-c5cccc6c5oc5ccccc56)n4)ccc32)c2cc3c(cc21)oc1ccccc13. The van der Waals surface area contributed by atoms with Crippen molar-refractivity contribution in [2.24, 2.45) is 0 Å². The van der Waals surface area contributed by atoms with Crippen molar-refractivity contribution in [3.05, 3.63) is 259 Å². The highest BCUT2D eigenvalue weighted by molar-refractivity contribution is 7.85. The first-order chi connectivity index (χ1) is 35.6. The summed E-state index contributed by atoms with van der Waals surface area (Å²) in [4.78, 5) is 18.2. The molecule has 0 bridgehead atoms. The molecule has 5 heterocycles. The largest absolute Gasteiger partial charge is 0.456 e. The lowest BCUT2D eigenvalue weighted by atomic mass is 9.62. The van der Waals surface area contributed by atoms with Crippen LogP contribution in [0.2, 0.25) is 0 Å². The third kappa shape index (κ3) is 5.68. The van der Waals surface area contributed by atoms with Crippen LogP contribution < -0.4 is 20.8 Å². The van der Waals surface area contributed by atoms with Gasteiger partial charge in [0.05, 0.1) is 22.4 Å². The van der Waals surface area contributed by atoms with Crippen LogP contribution >= 0.6 is 7.14 Å². The van der Waals surface area contributed by atoms with E-state index >= 15 is 4.57 Å². The van der Waals surface area contributed by atoms with Crippen LogP contribution in [0.3, 0.4) is 0 Å². The molecule has 72 heavy (non-hydrogen) atoms. The molecule has 3 aromatic heterocycles. The molecule has 0 N–H and O–H groups in total. The summed E-state index contributed by atoms with van der Waals surface area (Å²) in [6.07, 6.45) is 0. The maximum absolute atomic E-state index is 16.9. The third-order valence-corrected chi connectivity index (χ3v) is 17.9. The molecule has 0 fully saturated rings. The Bertz CT molecular complexity index is 4400. The van der Waals surface area contributed by atoms with Gasteiger partial charge in [-0.3, -0.25) is 0 Å². The van der Waals surface area contributed by atoms with Crippen molar-refractivity contribution in [1.29, 1.82) is 0 Å². The van der Waals surface area contributed by atoms with E-state index in [0.29, 0.717) is 23.1 Å². The molecule has 0 saturated heterocycles. The summed E-state index contributed by atoms with van der Waals surface area (Å²) in [6.45, 7) is 0.